The van der Waals surface area contributed by atoms with Gasteiger partial charge in [-0.25, -0.2) is 0 Å². The van der Waals surface area contributed by atoms with Crippen molar-refractivity contribution >= 4 is 15.9 Å². The molecule has 0 radical (unpaired) electrons. The zero-order valence-corrected chi connectivity index (χ0v) is 13.4. The molecule has 2 aliphatic heterocycles. The van der Waals surface area contributed by atoms with Crippen LogP contribution in [0.3, 0.4) is 0 Å². The third-order valence-electron chi connectivity index (χ3n) is 4.12. The molecule has 5 heteroatoms. The second-order valence-electron chi connectivity index (χ2n) is 5.40. The van der Waals surface area contributed by atoms with Crippen LogP contribution in [0.4, 0.5) is 0 Å². The number of hydrogen-bond donors (Lipinski definition) is 1. The topological polar surface area (TPSA) is 33.7 Å². The number of halogens is 1. The van der Waals surface area contributed by atoms with Gasteiger partial charge in [0.1, 0.15) is 0 Å². The zero-order chi connectivity index (χ0) is 13.9. The number of fused-ring (bicyclic) bond motifs is 1. The number of nitrogens with zero attached hydrogens (tertiary/aromatic N) is 1. The SMILES string of the molecule is CCN1CCC(NCc2cc(Br)c3c(c2)OCO3)CC1. The number of rotatable bonds is 4. The number of nitrogens with one attached hydrogen (secondary N) is 1. The van der Waals surface area contributed by atoms with Gasteiger partial charge in [-0.15, -0.1) is 0 Å². The third-order valence-corrected chi connectivity index (χ3v) is 4.71. The van der Waals surface area contributed by atoms with Crippen molar-refractivity contribution in [3.8, 4) is 11.5 Å². The third kappa shape index (κ3) is 3.10. The molecule has 0 bridgehead atoms. The summed E-state index contributed by atoms with van der Waals surface area (Å²) in [6.07, 6.45) is 2.47. The van der Waals surface area contributed by atoms with Crippen LogP contribution in [0, 0.1) is 0 Å². The highest BCUT2D eigenvalue weighted by molar-refractivity contribution is 9.10. The molecule has 0 spiro atoms. The van der Waals surface area contributed by atoms with E-state index in [4.69, 9.17) is 9.47 Å². The molecule has 4 nitrogen and oxygen atoms in total. The summed E-state index contributed by atoms with van der Waals surface area (Å²) in [7, 11) is 0. The van der Waals surface area contributed by atoms with Gasteiger partial charge in [0, 0.05) is 12.6 Å². The van der Waals surface area contributed by atoms with Gasteiger partial charge in [-0.05, 0) is 66.1 Å². The Morgan fingerprint density at radius 1 is 1.30 bits per heavy atom. The average Bonchev–Trinajstić information content (AvgIpc) is 2.94. The molecule has 0 saturated carbocycles. The van der Waals surface area contributed by atoms with E-state index in [0.29, 0.717) is 12.8 Å². The lowest BCUT2D eigenvalue weighted by Crippen LogP contribution is -2.42. The molecule has 0 aromatic heterocycles. The quantitative estimate of drug-likeness (QED) is 0.913. The molecule has 2 heterocycles. The maximum absolute atomic E-state index is 5.45. The molecule has 20 heavy (non-hydrogen) atoms. The van der Waals surface area contributed by atoms with Gasteiger partial charge in [-0.2, -0.15) is 0 Å². The fraction of sp³-hybridized carbons (Fsp3) is 0.600. The van der Waals surface area contributed by atoms with Crippen molar-refractivity contribution in [3.05, 3.63) is 22.2 Å². The van der Waals surface area contributed by atoms with Crippen LogP contribution in [0.25, 0.3) is 0 Å². The van der Waals surface area contributed by atoms with Gasteiger partial charge >= 0.3 is 0 Å². The first-order chi connectivity index (χ1) is 9.76. The Bertz CT molecular complexity index is 473. The normalized spacial score (nSPS) is 19.5. The molecule has 0 atom stereocenters. The van der Waals surface area contributed by atoms with Crippen LogP contribution in [0.2, 0.25) is 0 Å². The van der Waals surface area contributed by atoms with Crippen molar-refractivity contribution in [3.63, 3.8) is 0 Å². The number of hydrogen-bond acceptors (Lipinski definition) is 4. The molecule has 3 rings (SSSR count). The summed E-state index contributed by atoms with van der Waals surface area (Å²) in [4.78, 5) is 2.51. The van der Waals surface area contributed by atoms with Gasteiger partial charge in [0.25, 0.3) is 0 Å². The summed E-state index contributed by atoms with van der Waals surface area (Å²) >= 11 is 3.54. The van der Waals surface area contributed by atoms with Crippen LogP contribution < -0.4 is 14.8 Å². The largest absolute Gasteiger partial charge is 0.454 e. The summed E-state index contributed by atoms with van der Waals surface area (Å²) in [6.45, 7) is 7.02. The number of likely N-dealkylation sites (tertiary alicyclic amines) is 1. The van der Waals surface area contributed by atoms with E-state index in [-0.39, 0.29) is 0 Å². The molecule has 0 unspecified atom stereocenters. The van der Waals surface area contributed by atoms with Gasteiger partial charge in [-0.1, -0.05) is 6.92 Å². The van der Waals surface area contributed by atoms with Crippen molar-refractivity contribution in [1.29, 1.82) is 0 Å². The van der Waals surface area contributed by atoms with Gasteiger partial charge in [0.2, 0.25) is 6.79 Å². The lowest BCUT2D eigenvalue weighted by atomic mass is 10.0. The van der Waals surface area contributed by atoms with E-state index in [2.05, 4.69) is 45.2 Å². The summed E-state index contributed by atoms with van der Waals surface area (Å²) in [5, 5.41) is 3.66. The minimum absolute atomic E-state index is 0.320. The highest BCUT2D eigenvalue weighted by atomic mass is 79.9. The maximum Gasteiger partial charge on any atom is 0.231 e. The highest BCUT2D eigenvalue weighted by Gasteiger charge is 2.20. The fourth-order valence-corrected chi connectivity index (χ4v) is 3.44. The van der Waals surface area contributed by atoms with Gasteiger partial charge in [-0.3, -0.25) is 0 Å². The maximum atomic E-state index is 5.45. The van der Waals surface area contributed by atoms with Crippen LogP contribution in [0.1, 0.15) is 25.3 Å². The van der Waals surface area contributed by atoms with E-state index >= 15 is 0 Å². The minimum Gasteiger partial charge on any atom is -0.454 e. The van der Waals surface area contributed by atoms with Gasteiger partial charge in [0.05, 0.1) is 4.47 Å². The average molecular weight is 341 g/mol. The monoisotopic (exact) mass is 340 g/mol. The summed E-state index contributed by atoms with van der Waals surface area (Å²) in [5.41, 5.74) is 1.24. The first-order valence-electron chi connectivity index (χ1n) is 7.30. The van der Waals surface area contributed by atoms with Crippen LogP contribution in [0.15, 0.2) is 16.6 Å². The van der Waals surface area contributed by atoms with E-state index in [1.807, 2.05) is 0 Å². The number of piperidine rings is 1. The Hall–Kier alpha value is -0.780. The molecule has 1 saturated heterocycles. The van der Waals surface area contributed by atoms with Crippen molar-refractivity contribution in [2.24, 2.45) is 0 Å². The van der Waals surface area contributed by atoms with E-state index < -0.39 is 0 Å². The lowest BCUT2D eigenvalue weighted by molar-refractivity contribution is 0.173. The second kappa shape index (κ2) is 6.33. The second-order valence-corrected chi connectivity index (χ2v) is 6.26. The first kappa shape index (κ1) is 14.2. The molecule has 1 aromatic carbocycles. The summed E-state index contributed by atoms with van der Waals surface area (Å²) in [6, 6.07) is 4.81. The lowest BCUT2D eigenvalue weighted by Gasteiger charge is -2.31. The molecule has 0 aliphatic carbocycles. The molecule has 2 aliphatic rings. The molecule has 110 valence electrons. The number of ether oxygens (including phenoxy) is 2. The smallest absolute Gasteiger partial charge is 0.231 e. The van der Waals surface area contributed by atoms with Crippen molar-refractivity contribution < 1.29 is 9.47 Å². The highest BCUT2D eigenvalue weighted by Crippen LogP contribution is 2.39. The molecule has 0 amide bonds. The van der Waals surface area contributed by atoms with Crippen LogP contribution in [-0.4, -0.2) is 37.4 Å². The minimum atomic E-state index is 0.320. The van der Waals surface area contributed by atoms with Crippen LogP contribution in [-0.2, 0) is 6.54 Å². The first-order valence-corrected chi connectivity index (χ1v) is 8.09. The van der Waals surface area contributed by atoms with Gasteiger partial charge < -0.3 is 19.7 Å². The Morgan fingerprint density at radius 2 is 2.10 bits per heavy atom. The van der Waals surface area contributed by atoms with E-state index in [1.54, 1.807) is 0 Å². The van der Waals surface area contributed by atoms with Crippen molar-refractivity contribution in [1.82, 2.24) is 10.2 Å². The van der Waals surface area contributed by atoms with Gasteiger partial charge in [0.15, 0.2) is 11.5 Å². The zero-order valence-electron chi connectivity index (χ0n) is 11.8. The fourth-order valence-electron chi connectivity index (χ4n) is 2.84. The molecular weight excluding hydrogens is 320 g/mol. The van der Waals surface area contributed by atoms with E-state index in [0.717, 1.165) is 22.5 Å². The Morgan fingerprint density at radius 3 is 2.85 bits per heavy atom. The number of benzene rings is 1. The predicted octanol–water partition coefficient (Wildman–Crippen LogP) is 2.75. The predicted molar refractivity (Wildman–Crippen MR) is 82.2 cm³/mol. The molecular formula is C15H21BrN2O2. The summed E-state index contributed by atoms with van der Waals surface area (Å²) in [5.74, 6) is 1.67. The standard InChI is InChI=1S/C15H21BrN2O2/c1-2-18-5-3-12(4-6-18)17-9-11-7-13(16)15-14(8-11)19-10-20-15/h7-8,12,17H,2-6,9-10H2,1H3. The van der Waals surface area contributed by atoms with Crippen LogP contribution in [0.5, 0.6) is 11.5 Å². The van der Waals surface area contributed by atoms with E-state index in [1.165, 1.54) is 38.0 Å². The molecule has 1 aromatic rings. The summed E-state index contributed by atoms with van der Waals surface area (Å²) < 4.78 is 11.8. The van der Waals surface area contributed by atoms with E-state index in [9.17, 15) is 0 Å². The molecule has 1 N–H and O–H groups in total. The van der Waals surface area contributed by atoms with Crippen molar-refractivity contribution in [2.45, 2.75) is 32.4 Å². The van der Waals surface area contributed by atoms with Crippen LogP contribution >= 0.6 is 15.9 Å². The Labute approximate surface area is 128 Å². The van der Waals surface area contributed by atoms with Crippen molar-refractivity contribution in [2.75, 3.05) is 26.4 Å². The Kier molecular flexibility index (Phi) is 4.48. The Balaban J connectivity index is 1.55. The molecule has 1 fully saturated rings.